The van der Waals surface area contributed by atoms with Gasteiger partial charge in [-0.1, -0.05) is 12.1 Å². The fraction of sp³-hybridized carbons (Fsp3) is 0.500. The van der Waals surface area contributed by atoms with Gasteiger partial charge in [-0.3, -0.25) is 0 Å². The van der Waals surface area contributed by atoms with Crippen molar-refractivity contribution >= 4 is 5.96 Å². The molecule has 2 rings (SSSR count). The number of rotatable bonds is 5. The standard InChI is InChI=1S/C14H21N3O/c1-10(2)18-13-7-3-11(4-8-13)9-16-14(15)17-12-5-6-12/h3-4,7-8,10,12H,5-6,9H2,1-2H3,(H3,15,16,17). The highest BCUT2D eigenvalue weighted by Gasteiger charge is 2.21. The summed E-state index contributed by atoms with van der Waals surface area (Å²) >= 11 is 0. The van der Waals surface area contributed by atoms with E-state index in [0.29, 0.717) is 18.5 Å². The van der Waals surface area contributed by atoms with E-state index >= 15 is 0 Å². The van der Waals surface area contributed by atoms with E-state index in [1.54, 1.807) is 0 Å². The molecule has 0 amide bonds. The summed E-state index contributed by atoms with van der Waals surface area (Å²) in [6.07, 6.45) is 2.61. The Labute approximate surface area is 108 Å². The summed E-state index contributed by atoms with van der Waals surface area (Å²) in [4.78, 5) is 4.31. The Balaban J connectivity index is 1.85. The van der Waals surface area contributed by atoms with Gasteiger partial charge < -0.3 is 15.8 Å². The topological polar surface area (TPSA) is 59.6 Å². The van der Waals surface area contributed by atoms with Crippen LogP contribution in [-0.2, 0) is 6.54 Å². The zero-order chi connectivity index (χ0) is 13.0. The van der Waals surface area contributed by atoms with Gasteiger partial charge in [0.2, 0.25) is 0 Å². The summed E-state index contributed by atoms with van der Waals surface area (Å²) in [5, 5.41) is 3.16. The summed E-state index contributed by atoms with van der Waals surface area (Å²) in [7, 11) is 0. The Hall–Kier alpha value is -1.71. The predicted octanol–water partition coefficient (Wildman–Crippen LogP) is 2.04. The Morgan fingerprint density at radius 1 is 1.39 bits per heavy atom. The monoisotopic (exact) mass is 247 g/mol. The van der Waals surface area contributed by atoms with Gasteiger partial charge in [0.1, 0.15) is 5.75 Å². The molecule has 1 aliphatic rings. The van der Waals surface area contributed by atoms with Gasteiger partial charge in [-0.15, -0.1) is 0 Å². The highest BCUT2D eigenvalue weighted by atomic mass is 16.5. The van der Waals surface area contributed by atoms with Crippen LogP contribution in [-0.4, -0.2) is 18.1 Å². The first-order valence-electron chi connectivity index (χ1n) is 6.45. The van der Waals surface area contributed by atoms with E-state index < -0.39 is 0 Å². The van der Waals surface area contributed by atoms with Crippen LogP contribution >= 0.6 is 0 Å². The van der Waals surface area contributed by atoms with Crippen molar-refractivity contribution in [1.82, 2.24) is 5.32 Å². The molecule has 4 heteroatoms. The Kier molecular flexibility index (Phi) is 4.07. The molecule has 0 heterocycles. The molecule has 1 aromatic carbocycles. The fourth-order valence-corrected chi connectivity index (χ4v) is 1.60. The van der Waals surface area contributed by atoms with Crippen molar-refractivity contribution in [2.75, 3.05) is 0 Å². The molecule has 3 N–H and O–H groups in total. The number of nitrogens with two attached hydrogens (primary N) is 1. The lowest BCUT2D eigenvalue weighted by Gasteiger charge is -2.09. The number of aliphatic imine (C=N–C) groups is 1. The van der Waals surface area contributed by atoms with Crippen molar-refractivity contribution in [3.63, 3.8) is 0 Å². The highest BCUT2D eigenvalue weighted by molar-refractivity contribution is 5.78. The van der Waals surface area contributed by atoms with Crippen LogP contribution in [0.15, 0.2) is 29.3 Å². The Morgan fingerprint density at radius 3 is 2.61 bits per heavy atom. The van der Waals surface area contributed by atoms with Gasteiger partial charge in [-0.05, 0) is 44.4 Å². The third kappa shape index (κ3) is 4.28. The Morgan fingerprint density at radius 2 is 2.06 bits per heavy atom. The van der Waals surface area contributed by atoms with Gasteiger partial charge in [0.15, 0.2) is 5.96 Å². The molecule has 0 atom stereocenters. The molecule has 0 unspecified atom stereocenters. The van der Waals surface area contributed by atoms with Crippen LogP contribution in [0.25, 0.3) is 0 Å². The number of hydrogen-bond donors (Lipinski definition) is 2. The van der Waals surface area contributed by atoms with Crippen molar-refractivity contribution in [3.05, 3.63) is 29.8 Å². The van der Waals surface area contributed by atoms with E-state index in [-0.39, 0.29) is 6.10 Å². The van der Waals surface area contributed by atoms with Crippen LogP contribution in [0.2, 0.25) is 0 Å². The number of benzene rings is 1. The smallest absolute Gasteiger partial charge is 0.189 e. The number of ether oxygens (including phenoxy) is 1. The second-order valence-corrected chi connectivity index (χ2v) is 4.93. The van der Waals surface area contributed by atoms with Crippen LogP contribution in [0.1, 0.15) is 32.3 Å². The molecule has 4 nitrogen and oxygen atoms in total. The van der Waals surface area contributed by atoms with Crippen LogP contribution in [0.5, 0.6) is 5.75 Å². The second kappa shape index (κ2) is 5.76. The molecule has 0 aliphatic heterocycles. The number of guanidine groups is 1. The first kappa shape index (κ1) is 12.7. The lowest BCUT2D eigenvalue weighted by atomic mass is 10.2. The first-order valence-corrected chi connectivity index (χ1v) is 6.45. The molecular formula is C14H21N3O. The maximum Gasteiger partial charge on any atom is 0.189 e. The minimum absolute atomic E-state index is 0.201. The molecule has 0 aromatic heterocycles. The van der Waals surface area contributed by atoms with Gasteiger partial charge in [-0.2, -0.15) is 0 Å². The van der Waals surface area contributed by atoms with Gasteiger partial charge in [0.05, 0.1) is 12.6 Å². The minimum atomic E-state index is 0.201. The summed E-state index contributed by atoms with van der Waals surface area (Å²) in [6.45, 7) is 4.64. The number of hydrogen-bond acceptors (Lipinski definition) is 2. The molecule has 1 aromatic rings. The van der Waals surface area contributed by atoms with Crippen LogP contribution in [0, 0.1) is 0 Å². The van der Waals surface area contributed by atoms with E-state index in [0.717, 1.165) is 11.3 Å². The normalized spacial score (nSPS) is 15.8. The summed E-state index contributed by atoms with van der Waals surface area (Å²) in [5.41, 5.74) is 6.90. The van der Waals surface area contributed by atoms with Crippen molar-refractivity contribution in [3.8, 4) is 5.75 Å². The molecule has 0 bridgehead atoms. The molecule has 98 valence electrons. The zero-order valence-corrected chi connectivity index (χ0v) is 11.0. The van der Waals surface area contributed by atoms with Crippen molar-refractivity contribution < 1.29 is 4.74 Å². The van der Waals surface area contributed by atoms with Gasteiger partial charge >= 0.3 is 0 Å². The number of nitrogens with one attached hydrogen (secondary N) is 1. The third-order valence-corrected chi connectivity index (χ3v) is 2.66. The van der Waals surface area contributed by atoms with E-state index in [1.807, 2.05) is 38.1 Å². The van der Waals surface area contributed by atoms with Crippen LogP contribution < -0.4 is 15.8 Å². The van der Waals surface area contributed by atoms with Gasteiger partial charge in [0.25, 0.3) is 0 Å². The SMILES string of the molecule is CC(C)Oc1ccc(CN=C(N)NC2CC2)cc1. The summed E-state index contributed by atoms with van der Waals surface area (Å²) in [6, 6.07) is 8.53. The first-order chi connectivity index (χ1) is 8.63. The van der Waals surface area contributed by atoms with Crippen molar-refractivity contribution in [1.29, 1.82) is 0 Å². The van der Waals surface area contributed by atoms with E-state index in [9.17, 15) is 0 Å². The second-order valence-electron chi connectivity index (χ2n) is 4.93. The highest BCUT2D eigenvalue weighted by Crippen LogP contribution is 2.18. The molecule has 0 spiro atoms. The number of nitrogens with zero attached hydrogens (tertiary/aromatic N) is 1. The molecule has 18 heavy (non-hydrogen) atoms. The van der Waals surface area contributed by atoms with Crippen LogP contribution in [0.4, 0.5) is 0 Å². The maximum atomic E-state index is 5.77. The average Bonchev–Trinajstić information content (AvgIpc) is 3.11. The lowest BCUT2D eigenvalue weighted by Crippen LogP contribution is -2.33. The predicted molar refractivity (Wildman–Crippen MR) is 73.7 cm³/mol. The largest absolute Gasteiger partial charge is 0.491 e. The minimum Gasteiger partial charge on any atom is -0.491 e. The molecule has 0 saturated heterocycles. The van der Waals surface area contributed by atoms with E-state index in [2.05, 4.69) is 10.3 Å². The Bertz CT molecular complexity index is 408. The molecule has 1 saturated carbocycles. The van der Waals surface area contributed by atoms with Gasteiger partial charge in [-0.25, -0.2) is 4.99 Å². The maximum absolute atomic E-state index is 5.77. The van der Waals surface area contributed by atoms with Gasteiger partial charge in [0, 0.05) is 6.04 Å². The average molecular weight is 247 g/mol. The summed E-state index contributed by atoms with van der Waals surface area (Å²) in [5.74, 6) is 1.43. The molecular weight excluding hydrogens is 226 g/mol. The van der Waals surface area contributed by atoms with E-state index in [1.165, 1.54) is 12.8 Å². The molecule has 1 fully saturated rings. The third-order valence-electron chi connectivity index (χ3n) is 2.66. The quantitative estimate of drug-likeness (QED) is 0.618. The van der Waals surface area contributed by atoms with Crippen molar-refractivity contribution in [2.45, 2.75) is 45.4 Å². The van der Waals surface area contributed by atoms with Crippen molar-refractivity contribution in [2.24, 2.45) is 10.7 Å². The zero-order valence-electron chi connectivity index (χ0n) is 11.0. The molecule has 0 radical (unpaired) electrons. The summed E-state index contributed by atoms with van der Waals surface area (Å²) < 4.78 is 5.58. The fourth-order valence-electron chi connectivity index (χ4n) is 1.60. The van der Waals surface area contributed by atoms with Crippen LogP contribution in [0.3, 0.4) is 0 Å². The molecule has 1 aliphatic carbocycles. The van der Waals surface area contributed by atoms with E-state index in [4.69, 9.17) is 10.5 Å². The lowest BCUT2D eigenvalue weighted by molar-refractivity contribution is 0.242.